The molecule has 0 amide bonds. The Hall–Kier alpha value is -0.880. The first kappa shape index (κ1) is 16.0. The fraction of sp³-hybridized carbons (Fsp3) is 0.812. The van der Waals surface area contributed by atoms with Gasteiger partial charge < -0.3 is 4.74 Å². The molecule has 6 atom stereocenters. The summed E-state index contributed by atoms with van der Waals surface area (Å²) in [5.74, 6) is -0.0308. The zero-order chi connectivity index (χ0) is 16.3. The summed E-state index contributed by atoms with van der Waals surface area (Å²) in [6.45, 7) is 8.17. The third-order valence-electron chi connectivity index (χ3n) is 5.94. The van der Waals surface area contributed by atoms with E-state index in [1.807, 2.05) is 6.92 Å². The van der Waals surface area contributed by atoms with Crippen molar-refractivity contribution >= 4 is 16.1 Å². The van der Waals surface area contributed by atoms with Gasteiger partial charge in [-0.2, -0.15) is 8.42 Å². The van der Waals surface area contributed by atoms with E-state index in [4.69, 9.17) is 8.92 Å². The number of carbonyl (C=O) groups is 1. The van der Waals surface area contributed by atoms with E-state index in [-0.39, 0.29) is 41.3 Å². The molecule has 3 aliphatic rings. The molecule has 3 rings (SSSR count). The number of rotatable bonds is 2. The van der Waals surface area contributed by atoms with Gasteiger partial charge in [0.15, 0.2) is 0 Å². The fourth-order valence-corrected chi connectivity index (χ4v) is 5.49. The third-order valence-corrected chi connectivity index (χ3v) is 6.52. The minimum Gasteiger partial charge on any atom is -0.461 e. The summed E-state index contributed by atoms with van der Waals surface area (Å²) in [6, 6.07) is 0. The van der Waals surface area contributed by atoms with Gasteiger partial charge in [-0.05, 0) is 25.7 Å². The van der Waals surface area contributed by atoms with E-state index in [1.54, 1.807) is 0 Å². The first-order chi connectivity index (χ1) is 10.1. The topological polar surface area (TPSA) is 69.7 Å². The highest BCUT2D eigenvalue weighted by Gasteiger charge is 2.59. The molecule has 0 aromatic heterocycles. The van der Waals surface area contributed by atoms with Crippen LogP contribution in [0.4, 0.5) is 0 Å². The van der Waals surface area contributed by atoms with Gasteiger partial charge in [-0.1, -0.05) is 26.0 Å². The highest BCUT2D eigenvalue weighted by molar-refractivity contribution is 7.86. The number of hydrogen-bond donors (Lipinski definition) is 0. The summed E-state index contributed by atoms with van der Waals surface area (Å²) in [7, 11) is -3.51. The van der Waals surface area contributed by atoms with Gasteiger partial charge in [0.25, 0.3) is 10.1 Å². The molecule has 6 heteroatoms. The van der Waals surface area contributed by atoms with Crippen LogP contribution >= 0.6 is 0 Å². The molecule has 1 heterocycles. The van der Waals surface area contributed by atoms with E-state index in [0.29, 0.717) is 6.42 Å². The normalized spacial score (nSPS) is 45.1. The van der Waals surface area contributed by atoms with Gasteiger partial charge in [-0.15, -0.1) is 0 Å². The predicted molar refractivity (Wildman–Crippen MR) is 81.5 cm³/mol. The van der Waals surface area contributed by atoms with Crippen LogP contribution in [0.25, 0.3) is 0 Å². The zero-order valence-corrected chi connectivity index (χ0v) is 14.2. The molecule has 124 valence electrons. The number of fused-ring (bicyclic) bond motifs is 3. The lowest BCUT2D eigenvalue weighted by Crippen LogP contribution is -2.54. The maximum Gasteiger partial charge on any atom is 0.309 e. The minimum absolute atomic E-state index is 0.0133. The first-order valence-electron chi connectivity index (χ1n) is 7.90. The number of ether oxygens (including phenoxy) is 1. The van der Waals surface area contributed by atoms with Crippen LogP contribution in [0.1, 0.15) is 39.5 Å². The number of carbonyl (C=O) groups excluding carboxylic acids is 1. The van der Waals surface area contributed by atoms with Crippen molar-refractivity contribution in [2.45, 2.75) is 51.7 Å². The molecule has 2 aliphatic carbocycles. The molecule has 2 saturated carbocycles. The van der Waals surface area contributed by atoms with Crippen molar-refractivity contribution in [1.29, 1.82) is 0 Å². The van der Waals surface area contributed by atoms with E-state index >= 15 is 0 Å². The average Bonchev–Trinajstić information content (AvgIpc) is 2.67. The van der Waals surface area contributed by atoms with Gasteiger partial charge >= 0.3 is 5.97 Å². The van der Waals surface area contributed by atoms with Gasteiger partial charge in [-0.3, -0.25) is 8.98 Å². The summed E-state index contributed by atoms with van der Waals surface area (Å²) in [5, 5.41) is 0. The number of hydrogen-bond acceptors (Lipinski definition) is 5. The third kappa shape index (κ3) is 2.40. The Labute approximate surface area is 132 Å². The lowest BCUT2D eigenvalue weighted by atomic mass is 9.54. The van der Waals surface area contributed by atoms with Gasteiger partial charge in [0.05, 0.1) is 18.3 Å². The molecular formula is C16H24O5S. The van der Waals surface area contributed by atoms with Crippen LogP contribution < -0.4 is 0 Å². The van der Waals surface area contributed by atoms with Gasteiger partial charge in [0.2, 0.25) is 0 Å². The van der Waals surface area contributed by atoms with E-state index in [9.17, 15) is 13.2 Å². The van der Waals surface area contributed by atoms with Crippen LogP contribution in [0.5, 0.6) is 0 Å². The van der Waals surface area contributed by atoms with Gasteiger partial charge in [0.1, 0.15) is 6.10 Å². The minimum atomic E-state index is -3.51. The second-order valence-electron chi connectivity index (χ2n) is 7.36. The smallest absolute Gasteiger partial charge is 0.309 e. The van der Waals surface area contributed by atoms with Crippen LogP contribution in [0.2, 0.25) is 0 Å². The maximum atomic E-state index is 12.0. The predicted octanol–water partition coefficient (Wildman–Crippen LogP) is 2.28. The van der Waals surface area contributed by atoms with Crippen LogP contribution in [-0.2, 0) is 23.8 Å². The second-order valence-corrected chi connectivity index (χ2v) is 8.96. The summed E-state index contributed by atoms with van der Waals surface area (Å²) in [6.07, 6.45) is 3.61. The molecule has 0 unspecified atom stereocenters. The average molecular weight is 328 g/mol. The summed E-state index contributed by atoms with van der Waals surface area (Å²) in [4.78, 5) is 12.0. The van der Waals surface area contributed by atoms with Gasteiger partial charge in [0, 0.05) is 17.3 Å². The Morgan fingerprint density at radius 3 is 2.68 bits per heavy atom. The largest absolute Gasteiger partial charge is 0.461 e. The lowest BCUT2D eigenvalue weighted by molar-refractivity contribution is -0.151. The highest BCUT2D eigenvalue weighted by atomic mass is 32.2. The van der Waals surface area contributed by atoms with Gasteiger partial charge in [-0.25, -0.2) is 0 Å². The molecule has 0 bridgehead atoms. The fourth-order valence-electron chi connectivity index (χ4n) is 4.76. The molecule has 0 aromatic carbocycles. The molecule has 0 radical (unpaired) electrons. The lowest BCUT2D eigenvalue weighted by Gasteiger charge is -2.53. The van der Waals surface area contributed by atoms with Crippen LogP contribution in [0, 0.1) is 23.2 Å². The number of esters is 1. The van der Waals surface area contributed by atoms with Crippen molar-refractivity contribution < 1.29 is 22.1 Å². The van der Waals surface area contributed by atoms with E-state index in [0.717, 1.165) is 31.1 Å². The molecule has 0 spiro atoms. The molecule has 3 fully saturated rings. The molecule has 1 aliphatic heterocycles. The van der Waals surface area contributed by atoms with E-state index in [1.165, 1.54) is 0 Å². The Bertz CT molecular complexity index is 610. The van der Waals surface area contributed by atoms with Crippen molar-refractivity contribution in [3.05, 3.63) is 12.2 Å². The van der Waals surface area contributed by atoms with Crippen molar-refractivity contribution in [3.63, 3.8) is 0 Å². The highest BCUT2D eigenvalue weighted by Crippen LogP contribution is 2.58. The summed E-state index contributed by atoms with van der Waals surface area (Å²) >= 11 is 0. The maximum absolute atomic E-state index is 12.0. The second kappa shape index (κ2) is 5.06. The Balaban J connectivity index is 1.95. The molecule has 0 N–H and O–H groups in total. The molecular weight excluding hydrogens is 304 g/mol. The van der Waals surface area contributed by atoms with Crippen LogP contribution in [0.3, 0.4) is 0 Å². The molecule has 1 saturated heterocycles. The monoisotopic (exact) mass is 328 g/mol. The summed E-state index contributed by atoms with van der Waals surface area (Å²) in [5.41, 5.74) is 0.719. The molecule has 5 nitrogen and oxygen atoms in total. The van der Waals surface area contributed by atoms with Crippen molar-refractivity contribution in [3.8, 4) is 0 Å². The standard InChI is InChI=1S/C16H24O5S/c1-9-5-6-12(21-22(4,18)19)16(3)8-7-11-10(2)15(17)20-14(11)13(9)16/h10-14H,1,5-8H2,2-4H3/t10-,11-,12+,13+,14-,16-/m0/s1. The molecule has 22 heavy (non-hydrogen) atoms. The van der Waals surface area contributed by atoms with Crippen LogP contribution in [0.15, 0.2) is 12.2 Å². The quantitative estimate of drug-likeness (QED) is 0.442. The Kier molecular flexibility index (Phi) is 3.68. The first-order valence-corrected chi connectivity index (χ1v) is 9.71. The Morgan fingerprint density at radius 1 is 1.36 bits per heavy atom. The summed E-state index contributed by atoms with van der Waals surface area (Å²) < 4.78 is 34.2. The van der Waals surface area contributed by atoms with E-state index in [2.05, 4.69) is 13.5 Å². The van der Waals surface area contributed by atoms with Crippen LogP contribution in [-0.4, -0.2) is 32.9 Å². The zero-order valence-electron chi connectivity index (χ0n) is 13.4. The van der Waals surface area contributed by atoms with Crippen molar-refractivity contribution in [2.24, 2.45) is 23.2 Å². The molecule has 0 aromatic rings. The van der Waals surface area contributed by atoms with Crippen molar-refractivity contribution in [2.75, 3.05) is 6.26 Å². The SMILES string of the molecule is C=C1CC[C@@H](OS(C)(=O)=O)[C@]2(C)CC[C@@H]3[C@H](OC(=O)[C@H]3C)[C@@H]12. The van der Waals surface area contributed by atoms with E-state index < -0.39 is 10.1 Å². The Morgan fingerprint density at radius 2 is 2.05 bits per heavy atom. The van der Waals surface area contributed by atoms with Crippen molar-refractivity contribution in [1.82, 2.24) is 0 Å².